The monoisotopic (exact) mass is 486 g/mol. The van der Waals surface area contributed by atoms with Gasteiger partial charge in [-0.25, -0.2) is 5.57 Å². The van der Waals surface area contributed by atoms with Crippen LogP contribution in [0.3, 0.4) is 0 Å². The van der Waals surface area contributed by atoms with Crippen molar-refractivity contribution in [3.05, 3.63) is 89.5 Å². The van der Waals surface area contributed by atoms with Crippen LogP contribution in [-0.2, 0) is 23.3 Å². The van der Waals surface area contributed by atoms with Gasteiger partial charge in [0, 0.05) is 0 Å². The molecule has 0 spiro atoms. The molecule has 2 heteroatoms. The van der Waals surface area contributed by atoms with Crippen LogP contribution in [0.1, 0.15) is 40.5 Å². The first kappa shape index (κ1) is 23.3. The minimum atomic E-state index is 0.333. The molecule has 3 aromatic rings. The van der Waals surface area contributed by atoms with E-state index in [1.165, 1.54) is 38.6 Å². The summed E-state index contributed by atoms with van der Waals surface area (Å²) in [5, 5.41) is 2.65. The molecule has 0 amide bonds. The van der Waals surface area contributed by atoms with Crippen molar-refractivity contribution in [1.82, 2.24) is 0 Å². The summed E-state index contributed by atoms with van der Waals surface area (Å²) < 4.78 is 0. The Kier molecular flexibility index (Phi) is 8.78. The predicted octanol–water partition coefficient (Wildman–Crippen LogP) is 8.27. The average molecular weight is 488 g/mol. The zero-order chi connectivity index (χ0) is 21.5. The van der Waals surface area contributed by atoms with Gasteiger partial charge >= 0.3 is 53.7 Å². The Morgan fingerprint density at radius 2 is 1.57 bits per heavy atom. The summed E-state index contributed by atoms with van der Waals surface area (Å²) in [7, 11) is 0. The Labute approximate surface area is 197 Å². The second kappa shape index (κ2) is 11.3. The molecule has 2 aliphatic rings. The van der Waals surface area contributed by atoms with Crippen molar-refractivity contribution < 1.29 is 23.3 Å². The second-order valence-electron chi connectivity index (χ2n) is 8.31. The Morgan fingerprint density at radius 3 is 2.07 bits per heavy atom. The quantitative estimate of drug-likeness (QED) is 0.239. The molecule has 1 aliphatic heterocycles. The largest absolute Gasteiger partial charge is 0.150 e. The van der Waals surface area contributed by atoms with Gasteiger partial charge in [0.05, 0.1) is 0 Å². The summed E-state index contributed by atoms with van der Waals surface area (Å²) in [5.74, 6) is 0.560. The molecule has 0 bridgehead atoms. The van der Waals surface area contributed by atoms with Gasteiger partial charge in [-0.05, 0) is 0 Å². The normalized spacial score (nSPS) is 18.0. The zero-order valence-corrected chi connectivity index (χ0v) is 22.2. The minimum absolute atomic E-state index is 0.333. The van der Waals surface area contributed by atoms with Gasteiger partial charge < -0.3 is 0 Å². The SMILES string of the molecule is CC1=[C-]C(C)C(C)=C1C.[Zr+2]=[Si]1CCCC1.c1ccc(-c2c[cH-]c3ccccc23)cc1. The van der Waals surface area contributed by atoms with E-state index in [9.17, 15) is 0 Å². The van der Waals surface area contributed by atoms with Gasteiger partial charge in [-0.2, -0.15) is 11.1 Å². The van der Waals surface area contributed by atoms with E-state index in [4.69, 9.17) is 0 Å². The van der Waals surface area contributed by atoms with Crippen LogP contribution in [0.25, 0.3) is 21.9 Å². The van der Waals surface area contributed by atoms with Gasteiger partial charge in [-0.1, -0.05) is 68.7 Å². The molecule has 5 rings (SSSR count). The molecule has 152 valence electrons. The summed E-state index contributed by atoms with van der Waals surface area (Å²) in [4.78, 5) is 0. The minimum Gasteiger partial charge on any atom is -0.150 e. The third kappa shape index (κ3) is 6.08. The third-order valence-electron chi connectivity index (χ3n) is 6.21. The molecule has 0 nitrogen and oxygen atoms in total. The topological polar surface area (TPSA) is 0 Å². The number of fused-ring (bicyclic) bond motifs is 1. The molecule has 30 heavy (non-hydrogen) atoms. The second-order valence-corrected chi connectivity index (χ2v) is 15.7. The van der Waals surface area contributed by atoms with Crippen LogP contribution < -0.4 is 0 Å². The molecule has 0 N–H and O–H groups in total. The van der Waals surface area contributed by atoms with Crippen LogP contribution in [0.15, 0.2) is 83.4 Å². The summed E-state index contributed by atoms with van der Waals surface area (Å²) in [6.07, 6.45) is 6.47. The predicted molar refractivity (Wildman–Crippen MR) is 130 cm³/mol. The maximum atomic E-state index is 3.36. The van der Waals surface area contributed by atoms with Crippen LogP contribution in [-0.4, -0.2) is 5.43 Å². The molecular weight excluding hydrogens is 456 g/mol. The zero-order valence-electron chi connectivity index (χ0n) is 18.8. The van der Waals surface area contributed by atoms with Gasteiger partial charge in [0.1, 0.15) is 0 Å². The fourth-order valence-electron chi connectivity index (χ4n) is 3.98. The molecule has 1 aliphatic carbocycles. The first-order valence-electron chi connectivity index (χ1n) is 11.0. The molecule has 1 atom stereocenters. The van der Waals surface area contributed by atoms with Gasteiger partial charge in [0.25, 0.3) is 0 Å². The first-order chi connectivity index (χ1) is 14.5. The standard InChI is InChI=1S/C15H11.C9H13.C4H8Si.Zr/c1-2-6-12(7-3-1)15-11-10-13-8-4-5-9-14(13)15;1-6-5-7(2)9(4)8(6)3;1-2-4-5-3-1;/h1-11H;6H,1-4H3;1-4H2;/q2*-1;;+2. The number of rotatable bonds is 1. The summed E-state index contributed by atoms with van der Waals surface area (Å²) >= 11 is 1.87. The molecule has 0 radical (unpaired) electrons. The van der Waals surface area contributed by atoms with Crippen molar-refractivity contribution in [1.29, 1.82) is 0 Å². The van der Waals surface area contributed by atoms with Crippen molar-refractivity contribution >= 4 is 16.2 Å². The van der Waals surface area contributed by atoms with Crippen LogP contribution in [0.4, 0.5) is 0 Å². The molecule has 1 fully saturated rings. The van der Waals surface area contributed by atoms with E-state index in [1.54, 1.807) is 24.9 Å². The van der Waals surface area contributed by atoms with E-state index in [0.717, 1.165) is 0 Å². The Hall–Kier alpha value is -1.37. The van der Waals surface area contributed by atoms with E-state index < -0.39 is 0 Å². The number of hydrogen-bond donors (Lipinski definition) is 0. The Morgan fingerprint density at radius 1 is 0.933 bits per heavy atom. The average Bonchev–Trinajstić information content (AvgIpc) is 3.47. The van der Waals surface area contributed by atoms with E-state index in [-0.39, 0.29) is 0 Å². The van der Waals surface area contributed by atoms with Crippen molar-refractivity contribution in [3.63, 3.8) is 0 Å². The van der Waals surface area contributed by atoms with Crippen LogP contribution >= 0.6 is 0 Å². The van der Waals surface area contributed by atoms with Crippen molar-refractivity contribution in [2.45, 2.75) is 52.6 Å². The maximum Gasteiger partial charge on any atom is -0.0623 e. The molecule has 3 aromatic carbocycles. The molecular formula is C28H32SiZr. The van der Waals surface area contributed by atoms with Crippen molar-refractivity contribution in [3.8, 4) is 11.1 Å². The molecule has 1 saturated heterocycles. The summed E-state index contributed by atoms with van der Waals surface area (Å²) in [5.41, 5.74) is 7.19. The van der Waals surface area contributed by atoms with Crippen LogP contribution in [0.2, 0.25) is 12.1 Å². The van der Waals surface area contributed by atoms with E-state index >= 15 is 0 Å². The first-order valence-corrected chi connectivity index (χ1v) is 16.6. The van der Waals surface area contributed by atoms with Gasteiger partial charge in [0.2, 0.25) is 0 Å². The fraction of sp³-hybridized carbons (Fsp3) is 0.321. The van der Waals surface area contributed by atoms with E-state index in [2.05, 4.69) is 101 Å². The van der Waals surface area contributed by atoms with Gasteiger partial charge in [-0.15, -0.1) is 53.6 Å². The molecule has 1 unspecified atom stereocenters. The van der Waals surface area contributed by atoms with Crippen LogP contribution in [0.5, 0.6) is 0 Å². The van der Waals surface area contributed by atoms with Gasteiger partial charge in [0.15, 0.2) is 0 Å². The smallest absolute Gasteiger partial charge is 0.0623 e. The van der Waals surface area contributed by atoms with E-state index in [0.29, 0.717) is 11.4 Å². The number of benzene rings is 2. The summed E-state index contributed by atoms with van der Waals surface area (Å²) in [6.45, 7) is 8.67. The molecule has 0 saturated carbocycles. The van der Waals surface area contributed by atoms with Gasteiger partial charge in [-0.3, -0.25) is 6.08 Å². The maximum absolute atomic E-state index is 3.36. The van der Waals surface area contributed by atoms with Crippen molar-refractivity contribution in [2.75, 3.05) is 0 Å². The van der Waals surface area contributed by atoms with Crippen molar-refractivity contribution in [2.24, 2.45) is 5.92 Å². The molecule has 1 heterocycles. The van der Waals surface area contributed by atoms with E-state index in [1.807, 2.05) is 23.3 Å². The molecule has 0 aromatic heterocycles. The number of allylic oxidation sites excluding steroid dienone is 4. The Balaban J connectivity index is 0.000000145. The summed E-state index contributed by atoms with van der Waals surface area (Å²) in [6, 6.07) is 26.7. The third-order valence-corrected chi connectivity index (χ3v) is 11.8. The number of hydrogen-bond acceptors (Lipinski definition) is 0. The fourth-order valence-corrected chi connectivity index (χ4v) is 8.19. The Bertz CT molecular complexity index is 1040. The van der Waals surface area contributed by atoms with Crippen LogP contribution in [0, 0.1) is 12.0 Å².